The Bertz CT molecular complexity index is 404. The van der Waals surface area contributed by atoms with E-state index < -0.39 is 0 Å². The Morgan fingerprint density at radius 1 is 1.17 bits per heavy atom. The van der Waals surface area contributed by atoms with Gasteiger partial charge in [-0.1, -0.05) is 20.8 Å². The summed E-state index contributed by atoms with van der Waals surface area (Å²) in [5.41, 5.74) is 2.57. The third-order valence-electron chi connectivity index (χ3n) is 3.21. The van der Waals surface area contributed by atoms with Crippen molar-refractivity contribution >= 4 is 11.6 Å². The molecular formula is C13H23N5. The number of rotatable bonds is 2. The van der Waals surface area contributed by atoms with Crippen LogP contribution in [0.5, 0.6) is 0 Å². The molecule has 0 aromatic carbocycles. The minimum absolute atomic E-state index is 0.0720. The van der Waals surface area contributed by atoms with Gasteiger partial charge in [-0.05, 0) is 19.3 Å². The second-order valence-electron chi connectivity index (χ2n) is 5.88. The van der Waals surface area contributed by atoms with E-state index in [0.29, 0.717) is 5.82 Å². The molecule has 0 saturated carbocycles. The summed E-state index contributed by atoms with van der Waals surface area (Å²) < 4.78 is 0. The Balaban J connectivity index is 2.34. The van der Waals surface area contributed by atoms with Gasteiger partial charge in [-0.2, -0.15) is 0 Å². The highest BCUT2D eigenvalue weighted by atomic mass is 15.3. The van der Waals surface area contributed by atoms with Crippen molar-refractivity contribution in [1.82, 2.24) is 9.97 Å². The molecule has 1 aromatic rings. The third-order valence-corrected chi connectivity index (χ3v) is 3.21. The van der Waals surface area contributed by atoms with Gasteiger partial charge in [0.15, 0.2) is 0 Å². The van der Waals surface area contributed by atoms with E-state index in [2.05, 4.69) is 36.1 Å². The zero-order valence-corrected chi connectivity index (χ0v) is 11.5. The molecule has 1 aromatic heterocycles. The number of nitrogens with one attached hydrogen (secondary N) is 1. The Kier molecular flexibility index (Phi) is 3.71. The average Bonchev–Trinajstić information content (AvgIpc) is 2.38. The zero-order valence-electron chi connectivity index (χ0n) is 11.5. The van der Waals surface area contributed by atoms with Crippen LogP contribution >= 0.6 is 0 Å². The number of nitrogen functional groups attached to an aromatic ring is 1. The third kappa shape index (κ3) is 2.90. The minimum Gasteiger partial charge on any atom is -0.356 e. The highest BCUT2D eigenvalue weighted by Crippen LogP contribution is 2.25. The van der Waals surface area contributed by atoms with Crippen LogP contribution in [0.25, 0.3) is 0 Å². The molecule has 1 fully saturated rings. The van der Waals surface area contributed by atoms with Gasteiger partial charge < -0.3 is 10.3 Å². The van der Waals surface area contributed by atoms with Gasteiger partial charge >= 0.3 is 0 Å². The molecule has 5 nitrogen and oxygen atoms in total. The molecular weight excluding hydrogens is 226 g/mol. The van der Waals surface area contributed by atoms with Crippen LogP contribution < -0.4 is 16.2 Å². The number of nitrogens with two attached hydrogens (primary N) is 1. The summed E-state index contributed by atoms with van der Waals surface area (Å²) in [4.78, 5) is 11.5. The highest BCUT2D eigenvalue weighted by Gasteiger charge is 2.21. The summed E-state index contributed by atoms with van der Waals surface area (Å²) in [7, 11) is 0. The summed E-state index contributed by atoms with van der Waals surface area (Å²) in [6.45, 7) is 8.49. The molecule has 3 N–H and O–H groups in total. The maximum absolute atomic E-state index is 5.50. The molecule has 18 heavy (non-hydrogen) atoms. The van der Waals surface area contributed by atoms with E-state index in [9.17, 15) is 0 Å². The van der Waals surface area contributed by atoms with Crippen molar-refractivity contribution in [1.29, 1.82) is 0 Å². The lowest BCUT2D eigenvalue weighted by Crippen LogP contribution is -2.31. The van der Waals surface area contributed by atoms with Gasteiger partial charge in [-0.25, -0.2) is 15.8 Å². The predicted molar refractivity (Wildman–Crippen MR) is 74.6 cm³/mol. The van der Waals surface area contributed by atoms with Gasteiger partial charge in [0.05, 0.1) is 0 Å². The van der Waals surface area contributed by atoms with E-state index in [-0.39, 0.29) is 5.41 Å². The fourth-order valence-corrected chi connectivity index (χ4v) is 2.13. The summed E-state index contributed by atoms with van der Waals surface area (Å²) in [6.07, 6.45) is 3.79. The smallest absolute Gasteiger partial charge is 0.145 e. The minimum atomic E-state index is -0.0720. The van der Waals surface area contributed by atoms with Crippen LogP contribution in [0, 0.1) is 0 Å². The highest BCUT2D eigenvalue weighted by molar-refractivity contribution is 5.49. The average molecular weight is 249 g/mol. The number of piperidine rings is 1. The Labute approximate surface area is 109 Å². The molecule has 0 amide bonds. The monoisotopic (exact) mass is 249 g/mol. The first-order valence-corrected chi connectivity index (χ1v) is 6.62. The number of nitrogens with zero attached hydrogens (tertiary/aromatic N) is 3. The van der Waals surface area contributed by atoms with Gasteiger partial charge in [0.2, 0.25) is 0 Å². The lowest BCUT2D eigenvalue weighted by molar-refractivity contribution is 0.536. The van der Waals surface area contributed by atoms with Crippen molar-refractivity contribution in [2.45, 2.75) is 45.4 Å². The molecule has 1 aliphatic rings. The molecule has 1 saturated heterocycles. The fraction of sp³-hybridized carbons (Fsp3) is 0.692. The summed E-state index contributed by atoms with van der Waals surface area (Å²) in [6, 6.07) is 1.93. The summed E-state index contributed by atoms with van der Waals surface area (Å²) in [5, 5.41) is 0. The standard InChI is InChI=1S/C13H23N5/c1-13(2,3)12-15-10(17-14)9-11(16-12)18-7-5-4-6-8-18/h9H,4-8,14H2,1-3H3,(H,15,16,17). The van der Waals surface area contributed by atoms with E-state index in [1.807, 2.05) is 6.07 Å². The number of anilines is 2. The van der Waals surface area contributed by atoms with Gasteiger partial charge in [0, 0.05) is 24.6 Å². The Morgan fingerprint density at radius 3 is 2.39 bits per heavy atom. The van der Waals surface area contributed by atoms with E-state index in [0.717, 1.165) is 24.7 Å². The van der Waals surface area contributed by atoms with Crippen LogP contribution in [0.1, 0.15) is 45.9 Å². The van der Waals surface area contributed by atoms with Gasteiger partial charge in [-0.3, -0.25) is 0 Å². The van der Waals surface area contributed by atoms with Crippen molar-refractivity contribution in [3.05, 3.63) is 11.9 Å². The fourth-order valence-electron chi connectivity index (χ4n) is 2.13. The molecule has 100 valence electrons. The van der Waals surface area contributed by atoms with Crippen molar-refractivity contribution in [2.24, 2.45) is 5.84 Å². The van der Waals surface area contributed by atoms with Crippen LogP contribution in [-0.4, -0.2) is 23.1 Å². The number of aromatic nitrogens is 2. The molecule has 2 heterocycles. The Morgan fingerprint density at radius 2 is 1.83 bits per heavy atom. The second-order valence-corrected chi connectivity index (χ2v) is 5.88. The number of hydrazine groups is 1. The topological polar surface area (TPSA) is 67.1 Å². The summed E-state index contributed by atoms with van der Waals surface area (Å²) >= 11 is 0. The Hall–Kier alpha value is -1.36. The first-order chi connectivity index (χ1) is 8.50. The van der Waals surface area contributed by atoms with Crippen molar-refractivity contribution in [3.63, 3.8) is 0 Å². The maximum Gasteiger partial charge on any atom is 0.145 e. The van der Waals surface area contributed by atoms with E-state index in [4.69, 9.17) is 10.8 Å². The van der Waals surface area contributed by atoms with Crippen molar-refractivity contribution in [3.8, 4) is 0 Å². The second kappa shape index (κ2) is 5.10. The van der Waals surface area contributed by atoms with Crippen LogP contribution in [-0.2, 0) is 5.41 Å². The van der Waals surface area contributed by atoms with Gasteiger partial charge in [-0.15, -0.1) is 0 Å². The summed E-state index contributed by atoms with van der Waals surface area (Å²) in [5.74, 6) is 8.01. The van der Waals surface area contributed by atoms with Gasteiger partial charge in [0.25, 0.3) is 0 Å². The normalized spacial score (nSPS) is 16.8. The maximum atomic E-state index is 5.50. The molecule has 0 radical (unpaired) electrons. The first kappa shape index (κ1) is 13.1. The zero-order chi connectivity index (χ0) is 13.2. The van der Waals surface area contributed by atoms with Crippen molar-refractivity contribution in [2.75, 3.05) is 23.4 Å². The molecule has 2 rings (SSSR count). The lowest BCUT2D eigenvalue weighted by atomic mass is 9.95. The molecule has 0 spiro atoms. The first-order valence-electron chi connectivity index (χ1n) is 6.62. The lowest BCUT2D eigenvalue weighted by Gasteiger charge is -2.29. The molecule has 5 heteroatoms. The molecule has 1 aliphatic heterocycles. The largest absolute Gasteiger partial charge is 0.356 e. The van der Waals surface area contributed by atoms with Crippen LogP contribution in [0.2, 0.25) is 0 Å². The van der Waals surface area contributed by atoms with Gasteiger partial charge in [0.1, 0.15) is 17.5 Å². The molecule has 0 unspecified atom stereocenters. The van der Waals surface area contributed by atoms with E-state index in [1.165, 1.54) is 19.3 Å². The number of hydrogen-bond donors (Lipinski definition) is 2. The SMILES string of the molecule is CC(C)(C)c1nc(NN)cc(N2CCCCC2)n1. The van der Waals surface area contributed by atoms with E-state index in [1.54, 1.807) is 0 Å². The van der Waals surface area contributed by atoms with Crippen LogP contribution in [0.3, 0.4) is 0 Å². The van der Waals surface area contributed by atoms with Crippen LogP contribution in [0.4, 0.5) is 11.6 Å². The molecule has 0 aliphatic carbocycles. The van der Waals surface area contributed by atoms with Crippen molar-refractivity contribution < 1.29 is 0 Å². The van der Waals surface area contributed by atoms with Crippen LogP contribution in [0.15, 0.2) is 6.07 Å². The van der Waals surface area contributed by atoms with E-state index >= 15 is 0 Å². The quantitative estimate of drug-likeness (QED) is 0.620. The predicted octanol–water partition coefficient (Wildman–Crippen LogP) is 2.05. The number of hydrogen-bond acceptors (Lipinski definition) is 5. The molecule has 0 bridgehead atoms. The molecule has 0 atom stereocenters.